The molecule has 0 saturated heterocycles. The molecule has 0 aliphatic heterocycles. The van der Waals surface area contributed by atoms with Gasteiger partial charge in [0.15, 0.2) is 0 Å². The summed E-state index contributed by atoms with van der Waals surface area (Å²) >= 11 is 0. The summed E-state index contributed by atoms with van der Waals surface area (Å²) in [4.78, 5) is 4.46. The molecule has 1 rings (SSSR count). The predicted octanol–water partition coefficient (Wildman–Crippen LogP) is 0.955. The van der Waals surface area contributed by atoms with Crippen molar-refractivity contribution in [2.45, 2.75) is 18.2 Å². The van der Waals surface area contributed by atoms with Crippen molar-refractivity contribution >= 4 is 21.4 Å². The first-order chi connectivity index (χ1) is 9.81. The van der Waals surface area contributed by atoms with E-state index in [2.05, 4.69) is 21.4 Å². The van der Waals surface area contributed by atoms with Crippen molar-refractivity contribution < 1.29 is 8.42 Å². The smallest absolute Gasteiger partial charge is 0.242 e. The SMILES string of the molecule is CCN(CCCN(C)C)c1ccc(S(=O)(=O)NC)c(N)c1. The van der Waals surface area contributed by atoms with E-state index in [9.17, 15) is 8.42 Å². The molecule has 0 atom stereocenters. The van der Waals surface area contributed by atoms with Crippen molar-refractivity contribution in [3.63, 3.8) is 0 Å². The van der Waals surface area contributed by atoms with E-state index in [4.69, 9.17) is 5.73 Å². The van der Waals surface area contributed by atoms with Gasteiger partial charge in [-0.1, -0.05) is 0 Å². The number of hydrogen-bond acceptors (Lipinski definition) is 5. The zero-order chi connectivity index (χ0) is 16.0. The summed E-state index contributed by atoms with van der Waals surface area (Å²) in [5, 5.41) is 0. The van der Waals surface area contributed by atoms with E-state index in [1.807, 2.05) is 14.1 Å². The molecule has 7 heteroatoms. The number of hydrogen-bond donors (Lipinski definition) is 2. The highest BCUT2D eigenvalue weighted by Gasteiger charge is 2.16. The molecular weight excluding hydrogens is 288 g/mol. The van der Waals surface area contributed by atoms with Crippen LogP contribution < -0.4 is 15.4 Å². The lowest BCUT2D eigenvalue weighted by molar-refractivity contribution is 0.400. The number of nitrogens with zero attached hydrogens (tertiary/aromatic N) is 2. The van der Waals surface area contributed by atoms with Crippen LogP contribution in [-0.2, 0) is 10.0 Å². The molecule has 120 valence electrons. The van der Waals surface area contributed by atoms with Gasteiger partial charge in [0.25, 0.3) is 0 Å². The van der Waals surface area contributed by atoms with Gasteiger partial charge in [0.1, 0.15) is 4.90 Å². The van der Waals surface area contributed by atoms with E-state index in [1.54, 1.807) is 18.2 Å². The van der Waals surface area contributed by atoms with Crippen LogP contribution in [0.3, 0.4) is 0 Å². The maximum Gasteiger partial charge on any atom is 0.242 e. The molecule has 3 N–H and O–H groups in total. The Labute approximate surface area is 128 Å². The van der Waals surface area contributed by atoms with Crippen LogP contribution in [0, 0.1) is 0 Å². The van der Waals surface area contributed by atoms with Crippen LogP contribution in [0.5, 0.6) is 0 Å². The van der Waals surface area contributed by atoms with Crippen molar-refractivity contribution in [2.24, 2.45) is 0 Å². The first-order valence-corrected chi connectivity index (χ1v) is 8.53. The van der Waals surface area contributed by atoms with Gasteiger partial charge in [-0.15, -0.1) is 0 Å². The Bertz CT molecular complexity index is 558. The Morgan fingerprint density at radius 2 is 1.90 bits per heavy atom. The third-order valence-corrected chi connectivity index (χ3v) is 4.82. The fourth-order valence-corrected chi connectivity index (χ4v) is 2.97. The summed E-state index contributed by atoms with van der Waals surface area (Å²) in [6, 6.07) is 5.09. The molecule has 0 radical (unpaired) electrons. The minimum Gasteiger partial charge on any atom is -0.398 e. The summed E-state index contributed by atoms with van der Waals surface area (Å²) in [6.07, 6.45) is 1.04. The van der Waals surface area contributed by atoms with E-state index in [-0.39, 0.29) is 10.6 Å². The third-order valence-electron chi connectivity index (χ3n) is 3.33. The van der Waals surface area contributed by atoms with Crippen molar-refractivity contribution in [1.29, 1.82) is 0 Å². The number of nitrogens with two attached hydrogens (primary N) is 1. The van der Waals surface area contributed by atoms with Gasteiger partial charge >= 0.3 is 0 Å². The molecule has 0 aliphatic rings. The molecule has 1 aromatic carbocycles. The van der Waals surface area contributed by atoms with Gasteiger partial charge in [-0.3, -0.25) is 0 Å². The molecule has 0 heterocycles. The maximum absolute atomic E-state index is 11.8. The van der Waals surface area contributed by atoms with Gasteiger partial charge in [0, 0.05) is 18.8 Å². The van der Waals surface area contributed by atoms with E-state index >= 15 is 0 Å². The maximum atomic E-state index is 11.8. The minimum absolute atomic E-state index is 0.123. The molecule has 21 heavy (non-hydrogen) atoms. The zero-order valence-electron chi connectivity index (χ0n) is 13.3. The summed E-state index contributed by atoms with van der Waals surface area (Å²) in [5.74, 6) is 0. The first-order valence-electron chi connectivity index (χ1n) is 7.04. The Hall–Kier alpha value is -1.31. The number of anilines is 2. The van der Waals surface area contributed by atoms with E-state index in [0.29, 0.717) is 0 Å². The van der Waals surface area contributed by atoms with Gasteiger partial charge in [0.2, 0.25) is 10.0 Å². The molecule has 0 bridgehead atoms. The third kappa shape index (κ3) is 4.87. The summed E-state index contributed by atoms with van der Waals surface area (Å²) in [6.45, 7) is 4.85. The normalized spacial score (nSPS) is 11.9. The predicted molar refractivity (Wildman–Crippen MR) is 88.2 cm³/mol. The van der Waals surface area contributed by atoms with Crippen molar-refractivity contribution in [1.82, 2.24) is 9.62 Å². The number of sulfonamides is 1. The lowest BCUT2D eigenvalue weighted by Gasteiger charge is -2.24. The molecule has 0 aliphatic carbocycles. The van der Waals surface area contributed by atoms with E-state index in [1.165, 1.54) is 7.05 Å². The second-order valence-electron chi connectivity index (χ2n) is 5.17. The summed E-state index contributed by atoms with van der Waals surface area (Å²) in [7, 11) is 1.97. The first kappa shape index (κ1) is 17.7. The highest BCUT2D eigenvalue weighted by molar-refractivity contribution is 7.89. The zero-order valence-corrected chi connectivity index (χ0v) is 14.1. The average molecular weight is 314 g/mol. The van der Waals surface area contributed by atoms with Gasteiger partial charge in [-0.2, -0.15) is 0 Å². The minimum atomic E-state index is -3.51. The molecule has 0 unspecified atom stereocenters. The lowest BCUT2D eigenvalue weighted by atomic mass is 10.2. The summed E-state index contributed by atoms with van der Waals surface area (Å²) < 4.78 is 25.9. The lowest BCUT2D eigenvalue weighted by Crippen LogP contribution is -2.27. The second-order valence-corrected chi connectivity index (χ2v) is 7.02. The Balaban J connectivity index is 2.90. The molecule has 0 saturated carbocycles. The van der Waals surface area contributed by atoms with Crippen LogP contribution in [0.4, 0.5) is 11.4 Å². The Morgan fingerprint density at radius 1 is 1.24 bits per heavy atom. The molecule has 6 nitrogen and oxygen atoms in total. The van der Waals surface area contributed by atoms with Crippen molar-refractivity contribution in [3.8, 4) is 0 Å². The fourth-order valence-electron chi connectivity index (χ4n) is 2.13. The van der Waals surface area contributed by atoms with E-state index < -0.39 is 10.0 Å². The molecule has 0 amide bonds. The van der Waals surface area contributed by atoms with Crippen LogP contribution in [0.2, 0.25) is 0 Å². The highest BCUT2D eigenvalue weighted by Crippen LogP contribution is 2.24. The standard InChI is InChI=1S/C14H26N4O2S/c1-5-18(10-6-9-17(3)4)12-7-8-14(13(15)11-12)21(19,20)16-2/h7-8,11,16H,5-6,9-10,15H2,1-4H3. The summed E-state index contributed by atoms with van der Waals surface area (Å²) in [5.41, 5.74) is 7.12. The molecule has 0 spiro atoms. The molecular formula is C14H26N4O2S. The largest absolute Gasteiger partial charge is 0.398 e. The molecule has 1 aromatic rings. The molecule has 0 fully saturated rings. The van der Waals surface area contributed by atoms with Crippen LogP contribution in [-0.4, -0.2) is 54.1 Å². The molecule has 0 aromatic heterocycles. The van der Waals surface area contributed by atoms with Crippen LogP contribution in [0.15, 0.2) is 23.1 Å². The second kappa shape index (κ2) is 7.63. The number of benzene rings is 1. The van der Waals surface area contributed by atoms with Crippen LogP contribution in [0.25, 0.3) is 0 Å². The van der Waals surface area contributed by atoms with Crippen molar-refractivity contribution in [3.05, 3.63) is 18.2 Å². The van der Waals surface area contributed by atoms with Crippen molar-refractivity contribution in [2.75, 3.05) is 51.4 Å². The van der Waals surface area contributed by atoms with Gasteiger partial charge in [-0.05, 0) is 59.2 Å². The monoisotopic (exact) mass is 314 g/mol. The fraction of sp³-hybridized carbons (Fsp3) is 0.571. The number of rotatable bonds is 8. The average Bonchev–Trinajstić information content (AvgIpc) is 2.43. The quantitative estimate of drug-likeness (QED) is 0.699. The van der Waals surface area contributed by atoms with Crippen LogP contribution in [0.1, 0.15) is 13.3 Å². The Kier molecular flexibility index (Phi) is 6.44. The van der Waals surface area contributed by atoms with Crippen LogP contribution >= 0.6 is 0 Å². The van der Waals surface area contributed by atoms with Gasteiger partial charge in [-0.25, -0.2) is 13.1 Å². The highest BCUT2D eigenvalue weighted by atomic mass is 32.2. The number of nitrogen functional groups attached to an aromatic ring is 1. The van der Waals surface area contributed by atoms with Gasteiger partial charge < -0.3 is 15.5 Å². The Morgan fingerprint density at radius 3 is 2.38 bits per heavy atom. The van der Waals surface area contributed by atoms with E-state index in [0.717, 1.165) is 31.7 Å². The number of nitrogens with one attached hydrogen (secondary N) is 1. The topological polar surface area (TPSA) is 78.7 Å². The van der Waals surface area contributed by atoms with Gasteiger partial charge in [0.05, 0.1) is 5.69 Å².